The summed E-state index contributed by atoms with van der Waals surface area (Å²) < 4.78 is 6.02. The topological polar surface area (TPSA) is 118 Å². The highest BCUT2D eigenvalue weighted by atomic mass is 32.1. The number of nitrogens with zero attached hydrogens (tertiary/aromatic N) is 4. The monoisotopic (exact) mass is 431 g/mol. The van der Waals surface area contributed by atoms with Crippen molar-refractivity contribution in [2.45, 2.75) is 50.4 Å². The number of amides is 2. The first-order valence-electron chi connectivity index (χ1n) is 9.96. The van der Waals surface area contributed by atoms with Gasteiger partial charge in [0.15, 0.2) is 10.8 Å². The number of carbonyl (C=O) groups excluding carboxylic acids is 2. The van der Waals surface area contributed by atoms with Crippen LogP contribution >= 0.6 is 11.3 Å². The van der Waals surface area contributed by atoms with Crippen molar-refractivity contribution < 1.29 is 19.4 Å². The highest BCUT2D eigenvalue weighted by molar-refractivity contribution is 7.13. The Labute approximate surface area is 178 Å². The van der Waals surface area contributed by atoms with Crippen molar-refractivity contribution in [1.82, 2.24) is 25.2 Å². The van der Waals surface area contributed by atoms with Crippen LogP contribution in [0.3, 0.4) is 0 Å². The number of aliphatic hydroxyl groups excluding tert-OH is 1. The van der Waals surface area contributed by atoms with Crippen LogP contribution in [0.15, 0.2) is 23.8 Å². The van der Waals surface area contributed by atoms with Crippen molar-refractivity contribution in [3.05, 3.63) is 29.5 Å². The van der Waals surface area contributed by atoms with Crippen molar-refractivity contribution >= 4 is 23.2 Å². The van der Waals surface area contributed by atoms with Crippen LogP contribution in [0.4, 0.5) is 0 Å². The largest absolute Gasteiger partial charge is 0.388 e. The van der Waals surface area contributed by atoms with Gasteiger partial charge in [0.05, 0.1) is 11.1 Å². The van der Waals surface area contributed by atoms with Crippen molar-refractivity contribution in [2.24, 2.45) is 0 Å². The SMILES string of the molecule is CC(=O)N[C@]1(C)CCOC2(CCN(C(=O)c3csc(-c4ncccn4)n3)CC2)[C@H]1O. The highest BCUT2D eigenvalue weighted by Crippen LogP contribution is 2.40. The van der Waals surface area contributed by atoms with Crippen LogP contribution in [-0.2, 0) is 9.53 Å². The van der Waals surface area contributed by atoms with E-state index in [-0.39, 0.29) is 11.8 Å². The van der Waals surface area contributed by atoms with Gasteiger partial charge in [-0.1, -0.05) is 0 Å². The number of hydrogen-bond donors (Lipinski definition) is 2. The predicted molar refractivity (Wildman–Crippen MR) is 110 cm³/mol. The normalized spacial score (nSPS) is 25.8. The molecule has 160 valence electrons. The van der Waals surface area contributed by atoms with E-state index in [9.17, 15) is 14.7 Å². The average Bonchev–Trinajstić information content (AvgIpc) is 3.23. The van der Waals surface area contributed by atoms with E-state index in [0.29, 0.717) is 55.5 Å². The van der Waals surface area contributed by atoms with Crippen LogP contribution in [0.25, 0.3) is 10.8 Å². The number of carbonyl (C=O) groups is 2. The first-order valence-corrected chi connectivity index (χ1v) is 10.8. The van der Waals surface area contributed by atoms with E-state index in [4.69, 9.17) is 4.74 Å². The van der Waals surface area contributed by atoms with Gasteiger partial charge in [0.2, 0.25) is 5.91 Å². The number of piperidine rings is 1. The van der Waals surface area contributed by atoms with Gasteiger partial charge in [-0.25, -0.2) is 15.0 Å². The van der Waals surface area contributed by atoms with Gasteiger partial charge in [-0.15, -0.1) is 11.3 Å². The Kier molecular flexibility index (Phi) is 5.56. The number of ether oxygens (including phenoxy) is 1. The molecule has 2 aliphatic rings. The summed E-state index contributed by atoms with van der Waals surface area (Å²) in [5.41, 5.74) is -1.14. The van der Waals surface area contributed by atoms with E-state index in [0.717, 1.165) is 0 Å². The fourth-order valence-electron chi connectivity index (χ4n) is 4.35. The maximum atomic E-state index is 12.9. The third-order valence-corrected chi connectivity index (χ3v) is 6.79. The Morgan fingerprint density at radius 1 is 1.27 bits per heavy atom. The minimum absolute atomic E-state index is 0.154. The second-order valence-corrected chi connectivity index (χ2v) is 8.93. The molecule has 4 heterocycles. The maximum absolute atomic E-state index is 12.9. The molecule has 2 fully saturated rings. The van der Waals surface area contributed by atoms with Crippen LogP contribution in [0.5, 0.6) is 0 Å². The summed E-state index contributed by atoms with van der Waals surface area (Å²) in [6, 6.07) is 1.73. The molecule has 2 aromatic heterocycles. The molecular formula is C20H25N5O4S. The molecule has 2 N–H and O–H groups in total. The lowest BCUT2D eigenvalue weighted by atomic mass is 9.73. The Balaban J connectivity index is 1.44. The van der Waals surface area contributed by atoms with Gasteiger partial charge in [0.25, 0.3) is 5.91 Å². The zero-order chi connectivity index (χ0) is 21.4. The summed E-state index contributed by atoms with van der Waals surface area (Å²) in [7, 11) is 0. The molecule has 0 unspecified atom stereocenters. The van der Waals surface area contributed by atoms with Gasteiger partial charge >= 0.3 is 0 Å². The van der Waals surface area contributed by atoms with Crippen molar-refractivity contribution in [3.8, 4) is 10.8 Å². The van der Waals surface area contributed by atoms with Crippen LogP contribution in [0, 0.1) is 0 Å². The zero-order valence-corrected chi connectivity index (χ0v) is 17.8. The molecular weight excluding hydrogens is 406 g/mol. The Morgan fingerprint density at radius 3 is 2.63 bits per heavy atom. The number of likely N-dealkylation sites (tertiary alicyclic amines) is 1. The molecule has 1 spiro atoms. The number of nitrogens with one attached hydrogen (secondary N) is 1. The van der Waals surface area contributed by atoms with E-state index < -0.39 is 17.2 Å². The highest BCUT2D eigenvalue weighted by Gasteiger charge is 2.54. The second kappa shape index (κ2) is 8.01. The molecule has 0 radical (unpaired) electrons. The molecule has 2 amide bonds. The summed E-state index contributed by atoms with van der Waals surface area (Å²) in [6.45, 7) is 4.64. The molecule has 2 atom stereocenters. The fraction of sp³-hybridized carbons (Fsp3) is 0.550. The molecule has 2 aliphatic heterocycles. The molecule has 0 aromatic carbocycles. The van der Waals surface area contributed by atoms with Gasteiger partial charge in [0, 0.05) is 44.4 Å². The number of hydrogen-bond acceptors (Lipinski definition) is 8. The quantitative estimate of drug-likeness (QED) is 0.751. The summed E-state index contributed by atoms with van der Waals surface area (Å²) in [5.74, 6) is 0.163. The first kappa shape index (κ1) is 20.8. The third kappa shape index (κ3) is 3.82. The molecule has 10 heteroatoms. The molecule has 9 nitrogen and oxygen atoms in total. The Morgan fingerprint density at radius 2 is 1.97 bits per heavy atom. The second-order valence-electron chi connectivity index (χ2n) is 8.07. The van der Waals surface area contributed by atoms with Gasteiger partial charge in [0.1, 0.15) is 11.8 Å². The molecule has 2 saturated heterocycles. The smallest absolute Gasteiger partial charge is 0.273 e. The number of rotatable bonds is 3. The van der Waals surface area contributed by atoms with Gasteiger partial charge in [-0.3, -0.25) is 9.59 Å². The number of aliphatic hydroxyl groups is 1. The fourth-order valence-corrected chi connectivity index (χ4v) is 5.09. The van der Waals surface area contributed by atoms with Crippen LogP contribution in [0.1, 0.15) is 43.6 Å². The van der Waals surface area contributed by atoms with Crippen LogP contribution in [0.2, 0.25) is 0 Å². The summed E-state index contributed by atoms with van der Waals surface area (Å²) in [4.78, 5) is 39.0. The minimum Gasteiger partial charge on any atom is -0.388 e. The van der Waals surface area contributed by atoms with Gasteiger partial charge in [-0.2, -0.15) is 0 Å². The lowest BCUT2D eigenvalue weighted by molar-refractivity contribution is -0.205. The van der Waals surface area contributed by atoms with E-state index in [1.807, 2.05) is 6.92 Å². The maximum Gasteiger partial charge on any atom is 0.273 e. The zero-order valence-electron chi connectivity index (χ0n) is 17.0. The minimum atomic E-state index is -0.846. The predicted octanol–water partition coefficient (Wildman–Crippen LogP) is 1.25. The summed E-state index contributed by atoms with van der Waals surface area (Å²) >= 11 is 1.33. The molecule has 0 aliphatic carbocycles. The number of aromatic nitrogens is 3. The number of thiazole rings is 1. The summed E-state index contributed by atoms with van der Waals surface area (Å²) in [5, 5.41) is 16.3. The van der Waals surface area contributed by atoms with Crippen molar-refractivity contribution in [2.75, 3.05) is 19.7 Å². The van der Waals surface area contributed by atoms with E-state index in [1.54, 1.807) is 28.7 Å². The van der Waals surface area contributed by atoms with Crippen molar-refractivity contribution in [1.29, 1.82) is 0 Å². The Hall–Kier alpha value is -2.43. The molecule has 30 heavy (non-hydrogen) atoms. The van der Waals surface area contributed by atoms with Crippen LogP contribution < -0.4 is 5.32 Å². The van der Waals surface area contributed by atoms with E-state index in [1.165, 1.54) is 18.3 Å². The average molecular weight is 432 g/mol. The Bertz CT molecular complexity index is 928. The lowest BCUT2D eigenvalue weighted by Crippen LogP contribution is -2.69. The van der Waals surface area contributed by atoms with Crippen LogP contribution in [-0.4, -0.2) is 73.7 Å². The van der Waals surface area contributed by atoms with E-state index >= 15 is 0 Å². The van der Waals surface area contributed by atoms with Gasteiger partial charge in [-0.05, 0) is 32.3 Å². The van der Waals surface area contributed by atoms with Crippen molar-refractivity contribution in [3.63, 3.8) is 0 Å². The van der Waals surface area contributed by atoms with E-state index in [2.05, 4.69) is 20.3 Å². The molecule has 2 aromatic rings. The lowest BCUT2D eigenvalue weighted by Gasteiger charge is -2.53. The van der Waals surface area contributed by atoms with Gasteiger partial charge < -0.3 is 20.1 Å². The summed E-state index contributed by atoms with van der Waals surface area (Å²) in [6.07, 6.45) is 3.96. The first-order chi connectivity index (χ1) is 14.3. The third-order valence-electron chi connectivity index (χ3n) is 5.95. The standard InChI is InChI=1S/C20H25N5O4S/c1-13(26)24-19(2)6-11-29-20(18(19)28)4-9-25(10-5-20)17(27)14-12-30-16(23-14)15-21-7-3-8-22-15/h3,7-8,12,18,28H,4-6,9-11H2,1-2H3,(H,24,26)/t18-,19+/m0/s1. The molecule has 4 rings (SSSR count). The molecule has 0 bridgehead atoms. The molecule has 0 saturated carbocycles.